The lowest BCUT2D eigenvalue weighted by atomic mass is 10.2. The van der Waals surface area contributed by atoms with Gasteiger partial charge in [-0.15, -0.1) is 0 Å². The van der Waals surface area contributed by atoms with Crippen molar-refractivity contribution in [3.8, 4) is 5.75 Å². The topological polar surface area (TPSA) is 81.9 Å². The minimum Gasteiger partial charge on any atom is -0.489 e. The zero-order valence-corrected chi connectivity index (χ0v) is 18.1. The molecule has 0 bridgehead atoms. The van der Waals surface area contributed by atoms with E-state index in [1.165, 1.54) is 4.90 Å². The molecule has 3 rings (SSSR count). The van der Waals surface area contributed by atoms with E-state index in [0.29, 0.717) is 23.6 Å². The number of nitrogens with zero attached hydrogens (tertiary/aromatic N) is 2. The number of likely N-dealkylation sites (N-methyl/N-ethyl adjacent to an activating group) is 1. The van der Waals surface area contributed by atoms with Gasteiger partial charge in [0, 0.05) is 13.6 Å². The number of esters is 1. The third-order valence-corrected chi connectivity index (χ3v) is 4.90. The number of benzene rings is 2. The van der Waals surface area contributed by atoms with E-state index in [1.807, 2.05) is 44.2 Å². The van der Waals surface area contributed by atoms with Gasteiger partial charge in [0.2, 0.25) is 0 Å². The van der Waals surface area contributed by atoms with Crippen LogP contribution in [0.5, 0.6) is 5.75 Å². The van der Waals surface area contributed by atoms with E-state index >= 15 is 0 Å². The van der Waals surface area contributed by atoms with Crippen molar-refractivity contribution in [2.45, 2.75) is 40.0 Å². The molecule has 1 amide bonds. The van der Waals surface area contributed by atoms with E-state index in [1.54, 1.807) is 38.2 Å². The van der Waals surface area contributed by atoms with Gasteiger partial charge in [0.15, 0.2) is 6.10 Å². The molecule has 7 nitrogen and oxygen atoms in total. The highest BCUT2D eigenvalue weighted by Gasteiger charge is 2.22. The molecular weight excluding hydrogens is 396 g/mol. The van der Waals surface area contributed by atoms with E-state index < -0.39 is 12.1 Å². The second-order valence-electron chi connectivity index (χ2n) is 7.35. The lowest BCUT2D eigenvalue weighted by molar-refractivity contribution is -0.139. The van der Waals surface area contributed by atoms with Crippen molar-refractivity contribution in [2.75, 3.05) is 7.05 Å². The Hall–Kier alpha value is -3.61. The Morgan fingerprint density at radius 3 is 2.52 bits per heavy atom. The van der Waals surface area contributed by atoms with Gasteiger partial charge in [-0.05, 0) is 44.5 Å². The smallest absolute Gasteiger partial charge is 0.339 e. The lowest BCUT2D eigenvalue weighted by Crippen LogP contribution is -2.37. The fraction of sp³-hybridized carbons (Fsp3) is 0.292. The van der Waals surface area contributed by atoms with Crippen LogP contribution in [0.2, 0.25) is 0 Å². The van der Waals surface area contributed by atoms with Crippen molar-refractivity contribution in [3.63, 3.8) is 0 Å². The van der Waals surface area contributed by atoms with Crippen molar-refractivity contribution in [2.24, 2.45) is 0 Å². The molecule has 3 aromatic rings. The van der Waals surface area contributed by atoms with Gasteiger partial charge in [-0.1, -0.05) is 41.6 Å². The number of aryl methyl sites for hydroxylation is 2. The summed E-state index contributed by atoms with van der Waals surface area (Å²) >= 11 is 0. The van der Waals surface area contributed by atoms with E-state index in [4.69, 9.17) is 14.0 Å². The Morgan fingerprint density at radius 2 is 1.84 bits per heavy atom. The first-order chi connectivity index (χ1) is 14.8. The number of amides is 1. The average Bonchev–Trinajstić information content (AvgIpc) is 3.09. The van der Waals surface area contributed by atoms with Crippen LogP contribution in [0.15, 0.2) is 59.1 Å². The number of carbonyl (C=O) groups excluding carboxylic acids is 2. The number of rotatable bonds is 8. The number of aromatic nitrogens is 1. The van der Waals surface area contributed by atoms with Gasteiger partial charge < -0.3 is 18.9 Å². The maximum absolute atomic E-state index is 12.6. The normalized spacial score (nSPS) is 11.6. The van der Waals surface area contributed by atoms with Crippen molar-refractivity contribution in [1.82, 2.24) is 10.1 Å². The van der Waals surface area contributed by atoms with Crippen molar-refractivity contribution in [3.05, 3.63) is 82.7 Å². The molecule has 31 heavy (non-hydrogen) atoms. The highest BCUT2D eigenvalue weighted by atomic mass is 16.5. The fourth-order valence-electron chi connectivity index (χ4n) is 3.10. The van der Waals surface area contributed by atoms with Crippen LogP contribution in [-0.4, -0.2) is 35.1 Å². The zero-order valence-electron chi connectivity index (χ0n) is 18.1. The molecular formula is C24H26N2O5. The van der Waals surface area contributed by atoms with Gasteiger partial charge in [0.05, 0.1) is 16.8 Å². The van der Waals surface area contributed by atoms with E-state index in [9.17, 15) is 9.59 Å². The third kappa shape index (κ3) is 5.72. The summed E-state index contributed by atoms with van der Waals surface area (Å²) in [7, 11) is 1.68. The van der Waals surface area contributed by atoms with E-state index in [0.717, 1.165) is 16.8 Å². The number of hydrogen-bond acceptors (Lipinski definition) is 6. The molecule has 0 spiro atoms. The van der Waals surface area contributed by atoms with E-state index in [-0.39, 0.29) is 12.5 Å². The van der Waals surface area contributed by atoms with Gasteiger partial charge in [-0.3, -0.25) is 4.79 Å². The first-order valence-corrected chi connectivity index (χ1v) is 9.99. The molecule has 0 aliphatic carbocycles. The summed E-state index contributed by atoms with van der Waals surface area (Å²) in [5.74, 6) is 0.342. The Balaban J connectivity index is 1.58. The van der Waals surface area contributed by atoms with Gasteiger partial charge in [-0.25, -0.2) is 4.79 Å². The molecule has 162 valence electrons. The van der Waals surface area contributed by atoms with Crippen LogP contribution in [0, 0.1) is 13.8 Å². The summed E-state index contributed by atoms with van der Waals surface area (Å²) < 4.78 is 16.3. The summed E-state index contributed by atoms with van der Waals surface area (Å²) in [4.78, 5) is 26.7. The van der Waals surface area contributed by atoms with E-state index in [2.05, 4.69) is 5.16 Å². The Kier molecular flexibility index (Phi) is 7.07. The van der Waals surface area contributed by atoms with Crippen LogP contribution in [0.3, 0.4) is 0 Å². The molecule has 7 heteroatoms. The van der Waals surface area contributed by atoms with Crippen LogP contribution < -0.4 is 4.74 Å². The van der Waals surface area contributed by atoms with Gasteiger partial charge in [0.1, 0.15) is 18.1 Å². The van der Waals surface area contributed by atoms with Crippen LogP contribution in [0.25, 0.3) is 0 Å². The maximum Gasteiger partial charge on any atom is 0.339 e. The first-order valence-electron chi connectivity index (χ1n) is 9.99. The molecule has 1 heterocycles. The predicted octanol–water partition coefficient (Wildman–Crippen LogP) is 4.07. The molecule has 1 atom stereocenters. The number of carbonyl (C=O) groups is 2. The SMILES string of the molecule is Cc1noc(C)c1COc1cccc(C(=O)O[C@@H](C)C(=O)N(C)Cc2ccccc2)c1. The standard InChI is InChI=1S/C24H26N2O5/c1-16-22(17(2)31-25-16)15-29-21-12-8-11-20(13-21)24(28)30-18(3)23(27)26(4)14-19-9-6-5-7-10-19/h5-13,18H,14-15H2,1-4H3/t18-/m0/s1. The van der Waals surface area contributed by atoms with Gasteiger partial charge in [-0.2, -0.15) is 0 Å². The summed E-state index contributed by atoms with van der Waals surface area (Å²) in [6.07, 6.45) is -0.909. The van der Waals surface area contributed by atoms with Gasteiger partial charge >= 0.3 is 5.97 Å². The minimum absolute atomic E-state index is 0.275. The van der Waals surface area contributed by atoms with Crippen LogP contribution in [0.4, 0.5) is 0 Å². The monoisotopic (exact) mass is 422 g/mol. The fourth-order valence-corrected chi connectivity index (χ4v) is 3.10. The summed E-state index contributed by atoms with van der Waals surface area (Å²) in [5.41, 5.74) is 2.94. The van der Waals surface area contributed by atoms with Crippen LogP contribution in [0.1, 0.15) is 39.9 Å². The maximum atomic E-state index is 12.6. The second kappa shape index (κ2) is 9.93. The molecule has 0 fully saturated rings. The molecule has 2 aromatic carbocycles. The predicted molar refractivity (Wildman–Crippen MR) is 115 cm³/mol. The minimum atomic E-state index is -0.909. The van der Waals surface area contributed by atoms with Crippen molar-refractivity contribution in [1.29, 1.82) is 0 Å². The quantitative estimate of drug-likeness (QED) is 0.509. The summed E-state index contributed by atoms with van der Waals surface area (Å²) in [6, 6.07) is 16.3. The Bertz CT molecular complexity index is 1030. The molecule has 1 aromatic heterocycles. The summed E-state index contributed by atoms with van der Waals surface area (Å²) in [6.45, 7) is 5.95. The zero-order chi connectivity index (χ0) is 22.4. The molecule has 0 unspecified atom stereocenters. The average molecular weight is 422 g/mol. The Morgan fingerprint density at radius 1 is 1.10 bits per heavy atom. The second-order valence-corrected chi connectivity index (χ2v) is 7.35. The van der Waals surface area contributed by atoms with Crippen LogP contribution in [-0.2, 0) is 22.7 Å². The van der Waals surface area contributed by atoms with Crippen molar-refractivity contribution >= 4 is 11.9 Å². The molecule has 0 aliphatic heterocycles. The largest absolute Gasteiger partial charge is 0.489 e. The summed E-state index contributed by atoms with van der Waals surface area (Å²) in [5, 5.41) is 3.90. The highest BCUT2D eigenvalue weighted by molar-refractivity contribution is 5.92. The third-order valence-electron chi connectivity index (χ3n) is 4.90. The molecule has 0 aliphatic rings. The molecule has 0 saturated carbocycles. The number of ether oxygens (including phenoxy) is 2. The molecule has 0 N–H and O–H groups in total. The Labute approximate surface area is 181 Å². The highest BCUT2D eigenvalue weighted by Crippen LogP contribution is 2.19. The van der Waals surface area contributed by atoms with Crippen molar-refractivity contribution < 1.29 is 23.6 Å². The first kappa shape index (κ1) is 22.1. The lowest BCUT2D eigenvalue weighted by Gasteiger charge is -2.21. The van der Waals surface area contributed by atoms with Crippen LogP contribution >= 0.6 is 0 Å². The number of hydrogen-bond donors (Lipinski definition) is 0. The molecule has 0 saturated heterocycles. The van der Waals surface area contributed by atoms with Gasteiger partial charge in [0.25, 0.3) is 5.91 Å². The molecule has 0 radical (unpaired) electrons.